The first kappa shape index (κ1) is 19.0. The molecule has 0 amide bonds. The Hall–Kier alpha value is -0.370. The molecule has 4 saturated carbocycles. The molecule has 0 heterocycles. The monoisotopic (exact) mass is 359 g/mol. The summed E-state index contributed by atoms with van der Waals surface area (Å²) in [5.41, 5.74) is 2.26. The van der Waals surface area contributed by atoms with Crippen LogP contribution >= 0.6 is 0 Å². The van der Waals surface area contributed by atoms with E-state index in [0.717, 1.165) is 42.4 Å². The summed E-state index contributed by atoms with van der Waals surface area (Å²) in [7, 11) is 0. The number of aliphatic hydroxyl groups is 1. The maximum Gasteiger partial charge on any atom is 0.0543 e. The molecule has 0 aromatic heterocycles. The minimum absolute atomic E-state index is 0.0228. The fraction of sp³-hybridized carbons (Fsp3) is 0.958. The number of hydrogen-bond donors (Lipinski definition) is 1. The van der Waals surface area contributed by atoms with Crippen LogP contribution in [0.3, 0.4) is 0 Å². The molecule has 0 aliphatic heterocycles. The third kappa shape index (κ3) is 2.81. The van der Waals surface area contributed by atoms with E-state index in [0.29, 0.717) is 16.9 Å². The van der Waals surface area contributed by atoms with Gasteiger partial charge in [-0.05, 0) is 119 Å². The van der Waals surface area contributed by atoms with Gasteiger partial charge in [-0.15, -0.1) is 0 Å². The van der Waals surface area contributed by atoms with Gasteiger partial charge in [0.25, 0.3) is 0 Å². The standard InChI is InChI=1S/C24H41NO/c1-15(2)25-16(3)20-8-9-21-19-7-6-17-14-18(26)10-12-23(17,4)22(19)11-13-24(20,21)5/h16-22,26H,6-14H2,1-5H3/t16?,17?,18-,19-,20+,21-,22-,23-,24+/m0/s1. The minimum atomic E-state index is -0.0228. The summed E-state index contributed by atoms with van der Waals surface area (Å²) in [6.45, 7) is 11.9. The molecule has 1 N–H and O–H groups in total. The van der Waals surface area contributed by atoms with Gasteiger partial charge in [0.15, 0.2) is 0 Å². The first-order chi connectivity index (χ1) is 12.3. The Bertz CT molecular complexity index is 567. The van der Waals surface area contributed by atoms with Gasteiger partial charge in [-0.1, -0.05) is 13.8 Å². The summed E-state index contributed by atoms with van der Waals surface area (Å²) < 4.78 is 0. The fourth-order valence-electron chi connectivity index (χ4n) is 8.57. The van der Waals surface area contributed by atoms with Crippen molar-refractivity contribution in [2.45, 2.75) is 105 Å². The van der Waals surface area contributed by atoms with E-state index < -0.39 is 0 Å². The summed E-state index contributed by atoms with van der Waals surface area (Å²) in [6.07, 6.45) is 11.8. The Morgan fingerprint density at radius 2 is 1.62 bits per heavy atom. The van der Waals surface area contributed by atoms with Crippen molar-refractivity contribution in [2.24, 2.45) is 45.4 Å². The molecule has 148 valence electrons. The first-order valence-corrected chi connectivity index (χ1v) is 11.4. The smallest absolute Gasteiger partial charge is 0.0543 e. The summed E-state index contributed by atoms with van der Waals surface area (Å²) >= 11 is 0. The van der Waals surface area contributed by atoms with E-state index in [9.17, 15) is 5.11 Å². The average Bonchev–Trinajstić information content (AvgIpc) is 2.92. The maximum absolute atomic E-state index is 10.2. The Morgan fingerprint density at radius 1 is 0.923 bits per heavy atom. The molecule has 0 spiro atoms. The van der Waals surface area contributed by atoms with Crippen LogP contribution < -0.4 is 0 Å². The summed E-state index contributed by atoms with van der Waals surface area (Å²) in [6, 6.07) is 0.489. The summed E-state index contributed by atoms with van der Waals surface area (Å²) in [4.78, 5) is 4.98. The third-order valence-electron chi connectivity index (χ3n) is 9.76. The van der Waals surface area contributed by atoms with Gasteiger partial charge in [0.2, 0.25) is 0 Å². The van der Waals surface area contributed by atoms with Gasteiger partial charge in [0.05, 0.1) is 12.1 Å². The van der Waals surface area contributed by atoms with E-state index in [1.54, 1.807) is 0 Å². The Kier molecular flexibility index (Phi) is 4.82. The predicted octanol–water partition coefficient (Wildman–Crippen LogP) is 5.88. The van der Waals surface area contributed by atoms with E-state index in [1.165, 1.54) is 50.7 Å². The molecule has 2 heteroatoms. The molecule has 9 atom stereocenters. The largest absolute Gasteiger partial charge is 0.393 e. The second-order valence-corrected chi connectivity index (χ2v) is 11.1. The lowest BCUT2D eigenvalue weighted by Gasteiger charge is -2.61. The van der Waals surface area contributed by atoms with Crippen molar-refractivity contribution in [1.29, 1.82) is 0 Å². The van der Waals surface area contributed by atoms with E-state index in [-0.39, 0.29) is 6.10 Å². The number of hydrogen-bond acceptors (Lipinski definition) is 2. The molecule has 0 aromatic carbocycles. The summed E-state index contributed by atoms with van der Waals surface area (Å²) in [5.74, 6) is 4.33. The second kappa shape index (κ2) is 6.61. The van der Waals surface area contributed by atoms with Gasteiger partial charge >= 0.3 is 0 Å². The molecule has 4 fully saturated rings. The van der Waals surface area contributed by atoms with E-state index in [1.807, 2.05) is 0 Å². The van der Waals surface area contributed by atoms with Crippen LogP contribution in [0.15, 0.2) is 4.99 Å². The fourth-order valence-corrected chi connectivity index (χ4v) is 8.57. The zero-order valence-electron chi connectivity index (χ0n) is 17.8. The molecule has 26 heavy (non-hydrogen) atoms. The second-order valence-electron chi connectivity index (χ2n) is 11.1. The molecule has 4 aliphatic rings. The highest BCUT2D eigenvalue weighted by atomic mass is 16.3. The van der Waals surface area contributed by atoms with Crippen molar-refractivity contribution >= 4 is 5.71 Å². The molecule has 2 unspecified atom stereocenters. The highest BCUT2D eigenvalue weighted by molar-refractivity contribution is 5.79. The van der Waals surface area contributed by atoms with Crippen LogP contribution in [-0.2, 0) is 0 Å². The van der Waals surface area contributed by atoms with Crippen molar-refractivity contribution in [1.82, 2.24) is 0 Å². The highest BCUT2D eigenvalue weighted by Gasteiger charge is 2.60. The Balaban J connectivity index is 1.57. The Labute approximate surface area is 161 Å². The van der Waals surface area contributed by atoms with Crippen molar-refractivity contribution in [3.63, 3.8) is 0 Å². The lowest BCUT2D eigenvalue weighted by molar-refractivity contribution is -0.127. The zero-order chi connectivity index (χ0) is 18.7. The topological polar surface area (TPSA) is 32.6 Å². The van der Waals surface area contributed by atoms with Gasteiger partial charge in [0, 0.05) is 5.71 Å². The number of fused-ring (bicyclic) bond motifs is 5. The normalized spacial score (nSPS) is 51.8. The van der Waals surface area contributed by atoms with E-state index in [4.69, 9.17) is 4.99 Å². The van der Waals surface area contributed by atoms with Crippen LogP contribution in [0.25, 0.3) is 0 Å². The van der Waals surface area contributed by atoms with Crippen LogP contribution in [0, 0.1) is 40.4 Å². The molecule has 0 radical (unpaired) electrons. The molecule has 4 rings (SSSR count). The number of aliphatic hydroxyl groups excluding tert-OH is 1. The van der Waals surface area contributed by atoms with Crippen LogP contribution in [0.4, 0.5) is 0 Å². The van der Waals surface area contributed by atoms with Gasteiger partial charge in [-0.2, -0.15) is 0 Å². The third-order valence-corrected chi connectivity index (χ3v) is 9.76. The van der Waals surface area contributed by atoms with Gasteiger partial charge in [0.1, 0.15) is 0 Å². The van der Waals surface area contributed by atoms with Crippen molar-refractivity contribution < 1.29 is 5.11 Å². The van der Waals surface area contributed by atoms with Gasteiger partial charge < -0.3 is 5.11 Å². The van der Waals surface area contributed by atoms with E-state index >= 15 is 0 Å². The Morgan fingerprint density at radius 3 is 2.35 bits per heavy atom. The van der Waals surface area contributed by atoms with E-state index in [2.05, 4.69) is 34.6 Å². The minimum Gasteiger partial charge on any atom is -0.393 e. The quantitative estimate of drug-likeness (QED) is 0.614. The average molecular weight is 360 g/mol. The SMILES string of the molecule is CC(C)=NC(C)[C@H]1CC[C@H]2[C@@H]3CCC4C[C@@H](O)CC[C@]4(C)[C@H]3CC[C@]12C. The highest BCUT2D eigenvalue weighted by Crippen LogP contribution is 2.67. The number of nitrogens with zero attached hydrogens (tertiary/aromatic N) is 1. The number of aliphatic imine (C=N–C) groups is 1. The lowest BCUT2D eigenvalue weighted by atomic mass is 9.44. The maximum atomic E-state index is 10.2. The van der Waals surface area contributed by atoms with Crippen molar-refractivity contribution in [3.05, 3.63) is 0 Å². The lowest BCUT2D eigenvalue weighted by Crippen LogP contribution is -2.54. The summed E-state index contributed by atoms with van der Waals surface area (Å²) in [5, 5.41) is 10.2. The van der Waals surface area contributed by atoms with Crippen molar-refractivity contribution in [3.8, 4) is 0 Å². The molecule has 2 nitrogen and oxygen atoms in total. The van der Waals surface area contributed by atoms with Crippen LogP contribution in [-0.4, -0.2) is 23.0 Å². The molecular weight excluding hydrogens is 318 g/mol. The zero-order valence-corrected chi connectivity index (χ0v) is 17.8. The van der Waals surface area contributed by atoms with Crippen LogP contribution in [0.1, 0.15) is 92.4 Å². The predicted molar refractivity (Wildman–Crippen MR) is 109 cm³/mol. The first-order valence-electron chi connectivity index (χ1n) is 11.4. The van der Waals surface area contributed by atoms with Gasteiger partial charge in [-0.25, -0.2) is 0 Å². The molecular formula is C24H41NO. The molecule has 0 aromatic rings. The van der Waals surface area contributed by atoms with Crippen LogP contribution in [0.5, 0.6) is 0 Å². The molecule has 0 bridgehead atoms. The number of rotatable bonds is 2. The molecule has 4 aliphatic carbocycles. The van der Waals surface area contributed by atoms with Gasteiger partial charge in [-0.3, -0.25) is 4.99 Å². The molecule has 0 saturated heterocycles. The van der Waals surface area contributed by atoms with Crippen molar-refractivity contribution in [2.75, 3.05) is 0 Å². The van der Waals surface area contributed by atoms with Crippen LogP contribution in [0.2, 0.25) is 0 Å².